The largest absolute Gasteiger partial charge is 0.294 e. The minimum absolute atomic E-state index is 0.0880. The van der Waals surface area contributed by atoms with E-state index in [9.17, 15) is 9.59 Å². The summed E-state index contributed by atoms with van der Waals surface area (Å²) < 4.78 is -1.65. The molecule has 0 saturated heterocycles. The smallest absolute Gasteiger partial charge is 0.166 e. The Morgan fingerprint density at radius 3 is 1.44 bits per heavy atom. The van der Waals surface area contributed by atoms with Gasteiger partial charge in [-0.3, -0.25) is 9.59 Å². The third-order valence-electron chi connectivity index (χ3n) is 6.72. The molecule has 0 aromatic carbocycles. The molecule has 6 aliphatic carbocycles. The Kier molecular flexibility index (Phi) is 3.36. The van der Waals surface area contributed by atoms with Gasteiger partial charge >= 0.3 is 0 Å². The van der Waals surface area contributed by atoms with Crippen LogP contribution in [0, 0.1) is 35.5 Å². The molecule has 0 aliphatic heterocycles. The zero-order valence-corrected chi connectivity index (χ0v) is 16.9. The Balaban J connectivity index is 1.79. The summed E-state index contributed by atoms with van der Waals surface area (Å²) in [5.41, 5.74) is 0. The molecule has 2 fully saturated rings. The van der Waals surface area contributed by atoms with Crippen molar-refractivity contribution in [2.75, 3.05) is 0 Å². The number of halogens is 6. The highest BCUT2D eigenvalue weighted by molar-refractivity contribution is 6.65. The molecule has 2 saturated carbocycles. The quantitative estimate of drug-likeness (QED) is 0.385. The molecule has 0 amide bonds. The van der Waals surface area contributed by atoms with Crippen molar-refractivity contribution in [2.45, 2.75) is 14.1 Å². The summed E-state index contributed by atoms with van der Waals surface area (Å²) in [5, 5.41) is 0.277. The molecule has 0 spiro atoms. The average molecular weight is 459 g/mol. The lowest BCUT2D eigenvalue weighted by atomic mass is 9.48. The molecule has 8 atom stereocenters. The topological polar surface area (TPSA) is 34.1 Å². The zero-order chi connectivity index (χ0) is 18.1. The first kappa shape index (κ1) is 17.4. The highest BCUT2D eigenvalue weighted by Crippen LogP contribution is 2.81. The van der Waals surface area contributed by atoms with Crippen LogP contribution in [0.4, 0.5) is 0 Å². The highest BCUT2D eigenvalue weighted by atomic mass is 35.5. The summed E-state index contributed by atoms with van der Waals surface area (Å²) >= 11 is 40.1. The molecule has 6 rings (SSSR count). The fourth-order valence-electron chi connectivity index (χ4n) is 5.86. The maximum atomic E-state index is 12.6. The predicted octanol–water partition coefficient (Wildman–Crippen LogP) is 4.82. The number of hydrogen-bond acceptors (Lipinski definition) is 2. The molecule has 25 heavy (non-hydrogen) atoms. The van der Waals surface area contributed by atoms with Crippen LogP contribution < -0.4 is 0 Å². The van der Waals surface area contributed by atoms with E-state index in [1.165, 1.54) is 12.2 Å². The Morgan fingerprint density at radius 2 is 1.08 bits per heavy atom. The van der Waals surface area contributed by atoms with Gasteiger partial charge in [-0.1, -0.05) is 58.6 Å². The number of fused-ring (bicyclic) bond motifs is 2. The van der Waals surface area contributed by atoms with Crippen LogP contribution >= 0.6 is 69.6 Å². The van der Waals surface area contributed by atoms with Crippen LogP contribution in [0.25, 0.3) is 0 Å². The Morgan fingerprint density at radius 1 is 0.720 bits per heavy atom. The van der Waals surface area contributed by atoms with Gasteiger partial charge in [0.2, 0.25) is 0 Å². The van der Waals surface area contributed by atoms with E-state index in [0.717, 1.165) is 0 Å². The van der Waals surface area contributed by atoms with E-state index in [4.69, 9.17) is 69.6 Å². The van der Waals surface area contributed by atoms with Crippen molar-refractivity contribution in [1.82, 2.24) is 0 Å². The molecule has 6 unspecified atom stereocenters. The van der Waals surface area contributed by atoms with E-state index < -0.39 is 25.9 Å². The molecule has 0 aromatic heterocycles. The van der Waals surface area contributed by atoms with Crippen LogP contribution in [0.1, 0.15) is 0 Å². The Bertz CT molecular complexity index is 780. The summed E-state index contributed by atoms with van der Waals surface area (Å²) in [6.07, 6.45) is 6.56. The number of carbonyl (C=O) groups excluding carboxylic acids is 2. The van der Waals surface area contributed by atoms with Crippen molar-refractivity contribution in [2.24, 2.45) is 35.5 Å². The lowest BCUT2D eigenvalue weighted by molar-refractivity contribution is -0.139. The molecular weight excluding hydrogens is 449 g/mol. The highest BCUT2D eigenvalue weighted by Gasteiger charge is 2.86. The summed E-state index contributed by atoms with van der Waals surface area (Å²) in [4.78, 5) is 22.3. The summed E-state index contributed by atoms with van der Waals surface area (Å²) in [6.45, 7) is 0. The van der Waals surface area contributed by atoms with Crippen molar-refractivity contribution in [3.05, 3.63) is 34.4 Å². The van der Waals surface area contributed by atoms with Crippen LogP contribution in [0.15, 0.2) is 34.4 Å². The summed E-state index contributed by atoms with van der Waals surface area (Å²) in [5.74, 6) is -2.56. The molecule has 4 bridgehead atoms. The summed E-state index contributed by atoms with van der Waals surface area (Å²) in [6, 6.07) is 0. The molecule has 2 nitrogen and oxygen atoms in total. The van der Waals surface area contributed by atoms with Crippen molar-refractivity contribution in [3.63, 3.8) is 0 Å². The zero-order valence-electron chi connectivity index (χ0n) is 12.4. The normalized spacial score (nSPS) is 54.3. The fourth-order valence-corrected chi connectivity index (χ4v) is 8.96. The number of rotatable bonds is 0. The first-order valence-corrected chi connectivity index (χ1v) is 10.1. The van der Waals surface area contributed by atoms with Gasteiger partial charge in [0.05, 0.1) is 10.1 Å². The molecule has 8 heteroatoms. The number of ketones is 2. The van der Waals surface area contributed by atoms with E-state index in [2.05, 4.69) is 0 Å². The van der Waals surface area contributed by atoms with E-state index in [-0.39, 0.29) is 45.3 Å². The second-order valence-electron chi connectivity index (χ2n) is 7.41. The predicted molar refractivity (Wildman–Crippen MR) is 99.6 cm³/mol. The molecule has 0 N–H and O–H groups in total. The van der Waals surface area contributed by atoms with Crippen molar-refractivity contribution >= 4 is 81.2 Å². The maximum absolute atomic E-state index is 12.6. The Labute approximate surface area is 174 Å². The van der Waals surface area contributed by atoms with Crippen LogP contribution in [-0.4, -0.2) is 25.6 Å². The number of hydrogen-bond donors (Lipinski definition) is 0. The minimum atomic E-state index is -1.65. The van der Waals surface area contributed by atoms with Crippen LogP contribution in [0.2, 0.25) is 0 Å². The number of allylic oxidation sites excluding steroid dienone is 6. The average Bonchev–Trinajstić information content (AvgIpc) is 2.80. The summed E-state index contributed by atoms with van der Waals surface area (Å²) in [7, 11) is 0. The number of alkyl halides is 4. The second-order valence-corrected chi connectivity index (χ2v) is 10.7. The SMILES string of the molecule is O=C1C=CC(=O)[C@H]2C3C=CC(C4C3C3(Cl)C(Cl)=C(Cl)C4(Cl)C3(Cl)Cl)[C@@H]12. The van der Waals surface area contributed by atoms with E-state index in [1.807, 2.05) is 12.2 Å². The minimum Gasteiger partial charge on any atom is -0.294 e. The van der Waals surface area contributed by atoms with Gasteiger partial charge in [0.25, 0.3) is 0 Å². The first-order chi connectivity index (χ1) is 11.6. The van der Waals surface area contributed by atoms with Gasteiger partial charge in [-0.15, -0.1) is 23.2 Å². The van der Waals surface area contributed by atoms with Crippen molar-refractivity contribution in [3.8, 4) is 0 Å². The standard InChI is InChI=1S/C17H10Cl6O2/c18-13-14(19)16(21)12-6-2-1-5(11(12)15(13,20)17(16,22)23)9-7(24)3-4-8(25)10(6)9/h1-6,9-12H/t5?,6?,9-,10+,11?,12?,15?,16?. The van der Waals surface area contributed by atoms with Gasteiger partial charge in [-0.05, 0) is 35.8 Å². The third kappa shape index (κ3) is 1.55. The van der Waals surface area contributed by atoms with Crippen LogP contribution in [0.3, 0.4) is 0 Å². The van der Waals surface area contributed by atoms with E-state index in [1.54, 1.807) is 0 Å². The van der Waals surface area contributed by atoms with Gasteiger partial charge in [0, 0.05) is 11.8 Å². The van der Waals surface area contributed by atoms with Gasteiger partial charge in [-0.2, -0.15) is 0 Å². The fraction of sp³-hybridized carbons (Fsp3) is 0.529. The van der Waals surface area contributed by atoms with Gasteiger partial charge in [-0.25, -0.2) is 0 Å². The second kappa shape index (κ2) is 4.82. The molecule has 0 radical (unpaired) electrons. The molecule has 0 aromatic rings. The molecule has 0 heterocycles. The van der Waals surface area contributed by atoms with Gasteiger partial charge in [0.15, 0.2) is 15.9 Å². The Hall–Kier alpha value is 0.300. The lowest BCUT2D eigenvalue weighted by Gasteiger charge is -2.56. The van der Waals surface area contributed by atoms with Gasteiger partial charge < -0.3 is 0 Å². The first-order valence-electron chi connectivity index (χ1n) is 7.86. The van der Waals surface area contributed by atoms with Gasteiger partial charge in [0.1, 0.15) is 9.75 Å². The van der Waals surface area contributed by atoms with Crippen molar-refractivity contribution < 1.29 is 9.59 Å². The molecule has 6 aliphatic rings. The monoisotopic (exact) mass is 456 g/mol. The molecule has 132 valence electrons. The van der Waals surface area contributed by atoms with Crippen LogP contribution in [-0.2, 0) is 9.59 Å². The number of carbonyl (C=O) groups is 2. The third-order valence-corrected chi connectivity index (χ3v) is 11.0. The van der Waals surface area contributed by atoms with Crippen LogP contribution in [0.5, 0.6) is 0 Å². The van der Waals surface area contributed by atoms with E-state index in [0.29, 0.717) is 0 Å². The van der Waals surface area contributed by atoms with E-state index >= 15 is 0 Å². The molecular formula is C17H10Cl6O2. The van der Waals surface area contributed by atoms with Crippen molar-refractivity contribution in [1.29, 1.82) is 0 Å². The maximum Gasteiger partial charge on any atom is 0.166 e. The lowest BCUT2D eigenvalue weighted by Crippen LogP contribution is -2.59.